The molecular weight excluding hydrogens is 286 g/mol. The number of rotatable bonds is 7. The van der Waals surface area contributed by atoms with Gasteiger partial charge in [-0.2, -0.15) is 0 Å². The van der Waals surface area contributed by atoms with Crippen molar-refractivity contribution >= 4 is 9.84 Å². The van der Waals surface area contributed by atoms with Crippen LogP contribution in [0.1, 0.15) is 36.9 Å². The van der Waals surface area contributed by atoms with Gasteiger partial charge in [-0.15, -0.1) is 0 Å². The molecule has 1 saturated heterocycles. The molecule has 5 heteroatoms. The normalized spacial score (nSPS) is 22.3. The molecule has 0 bridgehead atoms. The zero-order valence-electron chi connectivity index (χ0n) is 12.8. The zero-order chi connectivity index (χ0) is 15.3. The molecule has 1 aliphatic rings. The summed E-state index contributed by atoms with van der Waals surface area (Å²) < 4.78 is 28.9. The molecule has 2 unspecified atom stereocenters. The molecule has 0 saturated carbocycles. The summed E-state index contributed by atoms with van der Waals surface area (Å²) in [6.07, 6.45) is 1.77. The molecule has 21 heavy (non-hydrogen) atoms. The monoisotopic (exact) mass is 311 g/mol. The smallest absolute Gasteiger partial charge is 0.150 e. The molecule has 2 atom stereocenters. The summed E-state index contributed by atoms with van der Waals surface area (Å²) in [5.41, 5.74) is 2.31. The third kappa shape index (κ3) is 4.28. The molecule has 0 aromatic heterocycles. The second-order valence-corrected chi connectivity index (χ2v) is 7.96. The maximum absolute atomic E-state index is 11.8. The van der Waals surface area contributed by atoms with Crippen LogP contribution in [0.25, 0.3) is 0 Å². The average Bonchev–Trinajstić information content (AvgIpc) is 2.81. The predicted molar refractivity (Wildman–Crippen MR) is 85.0 cm³/mol. The van der Waals surface area contributed by atoms with Crippen LogP contribution in [-0.4, -0.2) is 33.6 Å². The number of sulfone groups is 1. The number of benzene rings is 1. The lowest BCUT2D eigenvalue weighted by Gasteiger charge is -2.26. The van der Waals surface area contributed by atoms with Crippen LogP contribution in [0.15, 0.2) is 24.3 Å². The van der Waals surface area contributed by atoms with Crippen molar-refractivity contribution in [3.05, 3.63) is 35.4 Å². The van der Waals surface area contributed by atoms with Crippen LogP contribution in [0.4, 0.5) is 0 Å². The highest BCUT2D eigenvalue weighted by molar-refractivity contribution is 7.91. The van der Waals surface area contributed by atoms with E-state index in [1.807, 2.05) is 12.1 Å². The highest BCUT2D eigenvalue weighted by Crippen LogP contribution is 2.33. The van der Waals surface area contributed by atoms with Crippen LogP contribution in [0.3, 0.4) is 0 Å². The first-order valence-electron chi connectivity index (χ1n) is 7.58. The Bertz CT molecular complexity index is 556. The molecule has 1 fully saturated rings. The van der Waals surface area contributed by atoms with E-state index in [2.05, 4.69) is 24.4 Å². The van der Waals surface area contributed by atoms with Crippen molar-refractivity contribution in [1.82, 2.24) is 5.32 Å². The van der Waals surface area contributed by atoms with Crippen LogP contribution in [-0.2, 0) is 21.2 Å². The second kappa shape index (κ2) is 7.38. The van der Waals surface area contributed by atoms with E-state index in [9.17, 15) is 8.42 Å². The first-order chi connectivity index (χ1) is 10.1. The minimum absolute atomic E-state index is 0.0913. The van der Waals surface area contributed by atoms with Gasteiger partial charge in [0.15, 0.2) is 9.84 Å². The fourth-order valence-electron chi connectivity index (χ4n) is 3.04. The molecule has 1 heterocycles. The summed E-state index contributed by atoms with van der Waals surface area (Å²) in [6, 6.07) is 8.25. The van der Waals surface area contributed by atoms with Gasteiger partial charge >= 0.3 is 0 Å². The maximum atomic E-state index is 11.8. The van der Waals surface area contributed by atoms with E-state index in [0.29, 0.717) is 12.4 Å². The van der Waals surface area contributed by atoms with Gasteiger partial charge in [0.25, 0.3) is 0 Å². The lowest BCUT2D eigenvalue weighted by atomic mass is 9.89. The molecule has 0 spiro atoms. The predicted octanol–water partition coefficient (Wildman–Crippen LogP) is 2.31. The van der Waals surface area contributed by atoms with E-state index in [0.717, 1.165) is 24.9 Å². The number of methoxy groups -OCH3 is 1. The fourth-order valence-corrected chi connectivity index (χ4v) is 4.88. The average molecular weight is 311 g/mol. The Balaban J connectivity index is 2.27. The third-order valence-corrected chi connectivity index (χ3v) is 5.84. The minimum atomic E-state index is -2.87. The van der Waals surface area contributed by atoms with E-state index in [-0.39, 0.29) is 17.7 Å². The van der Waals surface area contributed by atoms with Crippen molar-refractivity contribution in [2.24, 2.45) is 5.92 Å². The van der Waals surface area contributed by atoms with Gasteiger partial charge in [0, 0.05) is 13.2 Å². The van der Waals surface area contributed by atoms with Crippen LogP contribution in [0, 0.1) is 5.92 Å². The molecule has 118 valence electrons. The Labute approximate surface area is 127 Å². The van der Waals surface area contributed by atoms with Gasteiger partial charge < -0.3 is 10.1 Å². The molecular formula is C16H25NO3S. The van der Waals surface area contributed by atoms with Crippen LogP contribution in [0.5, 0.6) is 0 Å². The van der Waals surface area contributed by atoms with Gasteiger partial charge in [0.2, 0.25) is 0 Å². The first-order valence-corrected chi connectivity index (χ1v) is 9.40. The van der Waals surface area contributed by atoms with Crippen LogP contribution in [0.2, 0.25) is 0 Å². The molecule has 4 nitrogen and oxygen atoms in total. The van der Waals surface area contributed by atoms with Crippen molar-refractivity contribution in [1.29, 1.82) is 0 Å². The van der Waals surface area contributed by atoms with Gasteiger partial charge in [0.05, 0.1) is 18.1 Å². The highest BCUT2D eigenvalue weighted by Gasteiger charge is 2.34. The van der Waals surface area contributed by atoms with E-state index in [1.165, 1.54) is 5.56 Å². The van der Waals surface area contributed by atoms with Gasteiger partial charge in [-0.3, -0.25) is 0 Å². The first kappa shape index (κ1) is 16.5. The number of ether oxygens (including phenoxy) is 1. The molecule has 1 aromatic carbocycles. The summed E-state index contributed by atoms with van der Waals surface area (Å²) in [5.74, 6) is 0.754. The van der Waals surface area contributed by atoms with Crippen LogP contribution >= 0.6 is 0 Å². The van der Waals surface area contributed by atoms with Gasteiger partial charge in [-0.25, -0.2) is 8.42 Å². The van der Waals surface area contributed by atoms with Crippen molar-refractivity contribution in [3.63, 3.8) is 0 Å². The summed E-state index contributed by atoms with van der Waals surface area (Å²) in [4.78, 5) is 0. The molecule has 1 aliphatic heterocycles. The van der Waals surface area contributed by atoms with Crippen molar-refractivity contribution in [2.45, 2.75) is 32.4 Å². The Morgan fingerprint density at radius 2 is 2.14 bits per heavy atom. The number of hydrogen-bond donors (Lipinski definition) is 1. The Morgan fingerprint density at radius 1 is 1.38 bits per heavy atom. The zero-order valence-corrected chi connectivity index (χ0v) is 13.7. The maximum Gasteiger partial charge on any atom is 0.150 e. The minimum Gasteiger partial charge on any atom is -0.380 e. The summed E-state index contributed by atoms with van der Waals surface area (Å²) >= 11 is 0. The van der Waals surface area contributed by atoms with E-state index in [1.54, 1.807) is 7.11 Å². The van der Waals surface area contributed by atoms with Crippen molar-refractivity contribution in [3.8, 4) is 0 Å². The van der Waals surface area contributed by atoms with Gasteiger partial charge in [-0.1, -0.05) is 31.2 Å². The molecule has 0 radical (unpaired) electrons. The van der Waals surface area contributed by atoms with Gasteiger partial charge in [0.1, 0.15) is 0 Å². The Kier molecular flexibility index (Phi) is 5.79. The fraction of sp³-hybridized carbons (Fsp3) is 0.625. The molecule has 1 N–H and O–H groups in total. The van der Waals surface area contributed by atoms with E-state index < -0.39 is 9.84 Å². The molecule has 2 rings (SSSR count). The Hall–Kier alpha value is -0.910. The van der Waals surface area contributed by atoms with Crippen molar-refractivity contribution in [2.75, 3.05) is 25.2 Å². The lowest BCUT2D eigenvalue weighted by Crippen LogP contribution is -2.30. The lowest BCUT2D eigenvalue weighted by molar-refractivity contribution is 0.183. The third-order valence-electron chi connectivity index (χ3n) is 4.04. The Morgan fingerprint density at radius 3 is 2.76 bits per heavy atom. The number of hydrogen-bond acceptors (Lipinski definition) is 4. The van der Waals surface area contributed by atoms with E-state index in [4.69, 9.17) is 4.74 Å². The summed E-state index contributed by atoms with van der Waals surface area (Å²) in [6.45, 7) is 3.57. The highest BCUT2D eigenvalue weighted by atomic mass is 32.2. The molecule has 0 aliphatic carbocycles. The van der Waals surface area contributed by atoms with Gasteiger partial charge in [-0.05, 0) is 36.4 Å². The topological polar surface area (TPSA) is 55.4 Å². The standard InChI is InChI=1S/C16H25NO3S/c1-3-9-17-16(14-8-10-21(18,19)12-14)15-7-5-4-6-13(15)11-20-2/h4-7,14,16-17H,3,8-12H2,1-2H3. The summed E-state index contributed by atoms with van der Waals surface area (Å²) in [5, 5.41) is 3.54. The summed E-state index contributed by atoms with van der Waals surface area (Å²) in [7, 11) is -1.18. The molecule has 1 aromatic rings. The molecule has 0 amide bonds. The van der Waals surface area contributed by atoms with E-state index >= 15 is 0 Å². The quantitative estimate of drug-likeness (QED) is 0.839. The van der Waals surface area contributed by atoms with Crippen LogP contribution < -0.4 is 5.32 Å². The number of nitrogens with one attached hydrogen (secondary N) is 1. The SMILES string of the molecule is CCCNC(c1ccccc1COC)C1CCS(=O)(=O)C1. The van der Waals surface area contributed by atoms with Crippen molar-refractivity contribution < 1.29 is 13.2 Å². The second-order valence-electron chi connectivity index (χ2n) is 5.73. The largest absolute Gasteiger partial charge is 0.380 e.